The predicted molar refractivity (Wildman–Crippen MR) is 118 cm³/mol. The number of fused-ring (bicyclic) bond motifs is 2. The minimum Gasteiger partial charge on any atom is -0.486 e. The second kappa shape index (κ2) is 8.01. The Hall–Kier alpha value is -3.03. The van der Waals surface area contributed by atoms with Crippen molar-refractivity contribution >= 4 is 39.5 Å². The Morgan fingerprint density at radius 3 is 2.77 bits per heavy atom. The first-order valence-electron chi connectivity index (χ1n) is 9.57. The van der Waals surface area contributed by atoms with Gasteiger partial charge in [-0.25, -0.2) is 4.98 Å². The Morgan fingerprint density at radius 2 is 1.93 bits per heavy atom. The summed E-state index contributed by atoms with van der Waals surface area (Å²) in [5, 5.41) is 5.68. The van der Waals surface area contributed by atoms with E-state index in [9.17, 15) is 4.79 Å². The molecule has 6 nitrogen and oxygen atoms in total. The average Bonchev–Trinajstić information content (AvgIpc) is 3.34. The summed E-state index contributed by atoms with van der Waals surface area (Å²) in [6, 6.07) is 13.0. The van der Waals surface area contributed by atoms with Gasteiger partial charge in [0, 0.05) is 46.0 Å². The topological polar surface area (TPSA) is 64.9 Å². The molecule has 0 radical (unpaired) electrons. The molecular formula is C22H18ClN3O3S. The lowest BCUT2D eigenvalue weighted by molar-refractivity contribution is -0.116. The first kappa shape index (κ1) is 19.0. The molecule has 1 amide bonds. The van der Waals surface area contributed by atoms with Crippen molar-refractivity contribution in [1.82, 2.24) is 9.38 Å². The number of ether oxygens (including phenoxy) is 2. The highest BCUT2D eigenvalue weighted by Gasteiger charge is 2.14. The molecule has 0 saturated carbocycles. The SMILES string of the molecule is O=C(CCc1csc2nc(-c3ccc(Cl)cc3)cn12)Nc1ccc2c(c1)OCCO2. The van der Waals surface area contributed by atoms with Gasteiger partial charge < -0.3 is 14.8 Å². The lowest BCUT2D eigenvalue weighted by Gasteiger charge is -2.19. The number of carbonyl (C=O) groups excluding carboxylic acids is 1. The van der Waals surface area contributed by atoms with E-state index in [1.54, 1.807) is 17.4 Å². The number of hydrogen-bond donors (Lipinski definition) is 1. The molecule has 5 rings (SSSR count). The number of thiazole rings is 1. The number of amides is 1. The van der Waals surface area contributed by atoms with Crippen LogP contribution in [0.3, 0.4) is 0 Å². The number of nitrogens with one attached hydrogen (secondary N) is 1. The standard InChI is InChI=1S/C22H18ClN3O3S/c23-15-3-1-14(2-4-15)18-12-26-17(13-30-22(26)25-18)6-8-21(27)24-16-5-7-19-20(11-16)29-10-9-28-19/h1-5,7,11-13H,6,8-10H2,(H,24,27). The molecule has 8 heteroatoms. The van der Waals surface area contributed by atoms with Crippen LogP contribution < -0.4 is 14.8 Å². The van der Waals surface area contributed by atoms with Gasteiger partial charge in [0.25, 0.3) is 0 Å². The largest absolute Gasteiger partial charge is 0.486 e. The van der Waals surface area contributed by atoms with Gasteiger partial charge in [-0.05, 0) is 30.7 Å². The lowest BCUT2D eigenvalue weighted by Crippen LogP contribution is -2.16. The maximum Gasteiger partial charge on any atom is 0.224 e. The van der Waals surface area contributed by atoms with Gasteiger partial charge in [-0.1, -0.05) is 23.7 Å². The van der Waals surface area contributed by atoms with E-state index in [1.165, 1.54) is 0 Å². The van der Waals surface area contributed by atoms with Crippen LogP contribution in [0.4, 0.5) is 5.69 Å². The van der Waals surface area contributed by atoms with Crippen molar-refractivity contribution in [2.24, 2.45) is 0 Å². The molecule has 1 aliphatic rings. The summed E-state index contributed by atoms with van der Waals surface area (Å²) in [5.74, 6) is 1.31. The van der Waals surface area contributed by atoms with Gasteiger partial charge >= 0.3 is 0 Å². The third-order valence-electron chi connectivity index (χ3n) is 4.86. The van der Waals surface area contributed by atoms with Crippen LogP contribution in [0.1, 0.15) is 12.1 Å². The van der Waals surface area contributed by atoms with Crippen LogP contribution in [0.5, 0.6) is 11.5 Å². The Labute approximate surface area is 182 Å². The van der Waals surface area contributed by atoms with E-state index in [0.29, 0.717) is 48.3 Å². The summed E-state index contributed by atoms with van der Waals surface area (Å²) >= 11 is 7.54. The van der Waals surface area contributed by atoms with Crippen molar-refractivity contribution in [2.75, 3.05) is 18.5 Å². The minimum atomic E-state index is -0.0518. The van der Waals surface area contributed by atoms with Crippen LogP contribution in [0.2, 0.25) is 5.02 Å². The molecule has 0 bridgehead atoms. The Morgan fingerprint density at radius 1 is 1.13 bits per heavy atom. The van der Waals surface area contributed by atoms with Gasteiger partial charge in [0.05, 0.1) is 5.69 Å². The zero-order valence-electron chi connectivity index (χ0n) is 15.9. The molecule has 2 aromatic heterocycles. The second-order valence-electron chi connectivity index (χ2n) is 6.92. The van der Waals surface area contributed by atoms with Crippen molar-refractivity contribution < 1.29 is 14.3 Å². The third-order valence-corrected chi connectivity index (χ3v) is 6.00. The second-order valence-corrected chi connectivity index (χ2v) is 8.19. The maximum absolute atomic E-state index is 12.5. The number of rotatable bonds is 5. The number of anilines is 1. The van der Waals surface area contributed by atoms with Gasteiger partial charge in [0.1, 0.15) is 13.2 Å². The van der Waals surface area contributed by atoms with Crippen molar-refractivity contribution in [2.45, 2.75) is 12.8 Å². The van der Waals surface area contributed by atoms with Gasteiger partial charge in [0.15, 0.2) is 16.5 Å². The molecule has 152 valence electrons. The molecule has 0 fully saturated rings. The minimum absolute atomic E-state index is 0.0518. The number of aryl methyl sites for hydroxylation is 1. The first-order chi connectivity index (χ1) is 14.7. The molecular weight excluding hydrogens is 422 g/mol. The quantitative estimate of drug-likeness (QED) is 0.472. The van der Waals surface area contributed by atoms with E-state index in [1.807, 2.05) is 52.4 Å². The van der Waals surface area contributed by atoms with E-state index < -0.39 is 0 Å². The molecule has 1 N–H and O–H groups in total. The van der Waals surface area contributed by atoms with Gasteiger partial charge in [-0.15, -0.1) is 11.3 Å². The predicted octanol–water partition coefficient (Wildman–Crippen LogP) is 5.06. The van der Waals surface area contributed by atoms with Crippen molar-refractivity contribution in [3.63, 3.8) is 0 Å². The third kappa shape index (κ3) is 3.86. The van der Waals surface area contributed by atoms with Gasteiger partial charge in [-0.2, -0.15) is 0 Å². The number of carbonyl (C=O) groups is 1. The highest BCUT2D eigenvalue weighted by molar-refractivity contribution is 7.15. The fourth-order valence-electron chi connectivity index (χ4n) is 3.35. The average molecular weight is 440 g/mol. The van der Waals surface area contributed by atoms with Crippen LogP contribution in [0.25, 0.3) is 16.2 Å². The summed E-state index contributed by atoms with van der Waals surface area (Å²) in [6.45, 7) is 1.06. The molecule has 0 saturated heterocycles. The zero-order chi connectivity index (χ0) is 20.5. The van der Waals surface area contributed by atoms with Crippen LogP contribution in [-0.2, 0) is 11.2 Å². The van der Waals surface area contributed by atoms with E-state index in [4.69, 9.17) is 21.1 Å². The fourth-order valence-corrected chi connectivity index (χ4v) is 4.39. The fraction of sp³-hybridized carbons (Fsp3) is 0.182. The number of aromatic nitrogens is 2. The van der Waals surface area contributed by atoms with Crippen molar-refractivity contribution in [1.29, 1.82) is 0 Å². The summed E-state index contributed by atoms with van der Waals surface area (Å²) in [7, 11) is 0. The van der Waals surface area contributed by atoms with Crippen molar-refractivity contribution in [3.05, 3.63) is 64.8 Å². The van der Waals surface area contributed by atoms with Crippen LogP contribution >= 0.6 is 22.9 Å². The maximum atomic E-state index is 12.5. The number of halogens is 1. The first-order valence-corrected chi connectivity index (χ1v) is 10.8. The van der Waals surface area contributed by atoms with Gasteiger partial charge in [0.2, 0.25) is 5.91 Å². The van der Waals surface area contributed by atoms with Gasteiger partial charge in [-0.3, -0.25) is 9.20 Å². The molecule has 4 aromatic rings. The van der Waals surface area contributed by atoms with Crippen molar-refractivity contribution in [3.8, 4) is 22.8 Å². The molecule has 0 atom stereocenters. The number of hydrogen-bond acceptors (Lipinski definition) is 5. The number of imidazole rings is 1. The number of benzene rings is 2. The van der Waals surface area contributed by atoms with Crippen LogP contribution in [0.15, 0.2) is 54.0 Å². The molecule has 0 spiro atoms. The molecule has 1 aliphatic heterocycles. The Kier molecular flexibility index (Phi) is 5.06. The van der Waals surface area contributed by atoms with E-state index >= 15 is 0 Å². The molecule has 3 heterocycles. The molecule has 0 aliphatic carbocycles. The number of nitrogens with zero attached hydrogens (tertiary/aromatic N) is 2. The van der Waals surface area contributed by atoms with Crippen LogP contribution in [0, 0.1) is 0 Å². The summed E-state index contributed by atoms with van der Waals surface area (Å²) < 4.78 is 13.1. The summed E-state index contributed by atoms with van der Waals surface area (Å²) in [4.78, 5) is 18.0. The normalized spacial score (nSPS) is 12.8. The highest BCUT2D eigenvalue weighted by atomic mass is 35.5. The highest BCUT2D eigenvalue weighted by Crippen LogP contribution is 2.32. The molecule has 0 unspecified atom stereocenters. The zero-order valence-corrected chi connectivity index (χ0v) is 17.5. The summed E-state index contributed by atoms with van der Waals surface area (Å²) in [5.41, 5.74) is 3.66. The summed E-state index contributed by atoms with van der Waals surface area (Å²) in [6.07, 6.45) is 2.99. The smallest absolute Gasteiger partial charge is 0.224 e. The Bertz CT molecular complexity index is 1220. The Balaban J connectivity index is 1.26. The monoisotopic (exact) mass is 439 g/mol. The molecule has 2 aromatic carbocycles. The van der Waals surface area contributed by atoms with E-state index in [0.717, 1.165) is 21.9 Å². The van der Waals surface area contributed by atoms with E-state index in [2.05, 4.69) is 10.3 Å². The lowest BCUT2D eigenvalue weighted by atomic mass is 10.2. The van der Waals surface area contributed by atoms with Crippen LogP contribution in [-0.4, -0.2) is 28.5 Å². The molecule has 30 heavy (non-hydrogen) atoms. The van der Waals surface area contributed by atoms with E-state index in [-0.39, 0.29) is 5.91 Å².